The first-order valence-corrected chi connectivity index (χ1v) is 14.6. The van der Waals surface area contributed by atoms with Gasteiger partial charge in [-0.05, 0) is 69.5 Å². The zero-order valence-electron chi connectivity index (χ0n) is 23.0. The molecule has 1 aliphatic rings. The van der Waals surface area contributed by atoms with Crippen LogP contribution in [0.25, 0.3) is 0 Å². The second-order valence-electron chi connectivity index (χ2n) is 9.44. The molecule has 8 nitrogen and oxygen atoms in total. The molecule has 39 heavy (non-hydrogen) atoms. The third-order valence-corrected chi connectivity index (χ3v) is 7.19. The maximum Gasteiger partial charge on any atom is 0.338 e. The topological polar surface area (TPSA) is 87.5 Å². The number of unbranched alkanes of at least 4 members (excludes halogenated alkanes) is 1. The summed E-state index contributed by atoms with van der Waals surface area (Å²) in [5.41, 5.74) is 2.95. The van der Waals surface area contributed by atoms with Gasteiger partial charge in [0, 0.05) is 16.5 Å². The van der Waals surface area contributed by atoms with Crippen molar-refractivity contribution in [2.45, 2.75) is 71.4 Å². The van der Waals surface area contributed by atoms with Crippen molar-refractivity contribution in [3.05, 3.63) is 69.9 Å². The number of hydrogen-bond acceptors (Lipinski definition) is 8. The minimum atomic E-state index is -0.551. The Morgan fingerprint density at radius 2 is 1.90 bits per heavy atom. The molecule has 1 aromatic heterocycles. The Morgan fingerprint density at radius 3 is 2.59 bits per heavy atom. The van der Waals surface area contributed by atoms with Crippen molar-refractivity contribution in [2.75, 3.05) is 17.7 Å². The number of esters is 1. The van der Waals surface area contributed by atoms with Gasteiger partial charge in [-0.15, -0.1) is 5.10 Å². The second kappa shape index (κ2) is 13.3. The van der Waals surface area contributed by atoms with Gasteiger partial charge in [0.15, 0.2) is 11.5 Å². The SMILES string of the molecule is CCCCSc1nc2n(n1)C(c1ccc(OCc3ccc(Cl)cc3)c(OCC)c1)C(C(=O)OC(C)C)=C(C)N2. The minimum absolute atomic E-state index is 0.265. The highest BCUT2D eigenvalue weighted by Crippen LogP contribution is 2.40. The molecule has 2 aromatic carbocycles. The van der Waals surface area contributed by atoms with E-state index < -0.39 is 12.0 Å². The maximum absolute atomic E-state index is 13.3. The van der Waals surface area contributed by atoms with E-state index in [0.717, 1.165) is 29.7 Å². The summed E-state index contributed by atoms with van der Waals surface area (Å²) in [6.45, 7) is 10.4. The number of benzene rings is 2. The third kappa shape index (κ3) is 7.08. The number of aromatic nitrogens is 3. The summed E-state index contributed by atoms with van der Waals surface area (Å²) < 4.78 is 19.5. The molecule has 0 fully saturated rings. The summed E-state index contributed by atoms with van der Waals surface area (Å²) in [4.78, 5) is 18.0. The van der Waals surface area contributed by atoms with Crippen molar-refractivity contribution in [2.24, 2.45) is 0 Å². The van der Waals surface area contributed by atoms with Gasteiger partial charge in [0.25, 0.3) is 0 Å². The molecule has 0 spiro atoms. The van der Waals surface area contributed by atoms with Gasteiger partial charge in [0.2, 0.25) is 11.1 Å². The van der Waals surface area contributed by atoms with Crippen molar-refractivity contribution in [3.8, 4) is 11.5 Å². The van der Waals surface area contributed by atoms with E-state index in [1.54, 1.807) is 16.4 Å². The van der Waals surface area contributed by atoms with E-state index in [0.29, 0.717) is 52.1 Å². The lowest BCUT2D eigenvalue weighted by Crippen LogP contribution is -2.30. The van der Waals surface area contributed by atoms with Crippen LogP contribution in [0.2, 0.25) is 5.02 Å². The van der Waals surface area contributed by atoms with Crippen molar-refractivity contribution >= 4 is 35.3 Å². The number of fused-ring (bicyclic) bond motifs is 1. The molecule has 0 saturated heterocycles. The molecule has 1 aliphatic heterocycles. The number of nitrogens with zero attached hydrogens (tertiary/aromatic N) is 3. The lowest BCUT2D eigenvalue weighted by Gasteiger charge is -2.29. The van der Waals surface area contributed by atoms with Gasteiger partial charge in [0.1, 0.15) is 12.6 Å². The van der Waals surface area contributed by atoms with Crippen molar-refractivity contribution in [3.63, 3.8) is 0 Å². The van der Waals surface area contributed by atoms with Gasteiger partial charge in [-0.1, -0.05) is 54.9 Å². The molecule has 0 radical (unpaired) electrons. The van der Waals surface area contributed by atoms with Crippen molar-refractivity contribution in [1.82, 2.24) is 14.8 Å². The molecule has 4 rings (SSSR count). The first-order valence-electron chi connectivity index (χ1n) is 13.2. The number of anilines is 1. The van der Waals surface area contributed by atoms with Crippen molar-refractivity contribution in [1.29, 1.82) is 0 Å². The molecular weight excluding hydrogens is 536 g/mol. The monoisotopic (exact) mass is 570 g/mol. The first-order chi connectivity index (χ1) is 18.8. The molecule has 1 atom stereocenters. The number of hydrogen-bond donors (Lipinski definition) is 1. The van der Waals surface area contributed by atoms with Crippen LogP contribution < -0.4 is 14.8 Å². The van der Waals surface area contributed by atoms with Gasteiger partial charge in [-0.25, -0.2) is 9.48 Å². The fourth-order valence-electron chi connectivity index (χ4n) is 4.17. The van der Waals surface area contributed by atoms with Gasteiger partial charge < -0.3 is 19.5 Å². The summed E-state index contributed by atoms with van der Waals surface area (Å²) in [5, 5.41) is 9.38. The molecule has 0 amide bonds. The highest BCUT2D eigenvalue weighted by Gasteiger charge is 2.36. The van der Waals surface area contributed by atoms with Crippen LogP contribution in [-0.4, -0.2) is 39.2 Å². The fraction of sp³-hybridized carbons (Fsp3) is 0.414. The normalized spacial score (nSPS) is 14.7. The van der Waals surface area contributed by atoms with Crippen LogP contribution in [0.3, 0.4) is 0 Å². The van der Waals surface area contributed by atoms with E-state index in [-0.39, 0.29) is 6.10 Å². The van der Waals surface area contributed by atoms with Gasteiger partial charge in [-0.2, -0.15) is 4.98 Å². The van der Waals surface area contributed by atoms with Crippen LogP contribution in [0.5, 0.6) is 11.5 Å². The summed E-state index contributed by atoms with van der Waals surface area (Å²) >= 11 is 7.62. The lowest BCUT2D eigenvalue weighted by molar-refractivity contribution is -0.143. The molecule has 1 unspecified atom stereocenters. The number of carbonyl (C=O) groups is 1. The zero-order valence-corrected chi connectivity index (χ0v) is 24.6. The molecule has 0 saturated carbocycles. The number of nitrogens with one attached hydrogen (secondary N) is 1. The smallest absolute Gasteiger partial charge is 0.338 e. The highest BCUT2D eigenvalue weighted by molar-refractivity contribution is 7.99. The number of allylic oxidation sites excluding steroid dienone is 1. The Hall–Kier alpha value is -3.17. The molecule has 1 N–H and O–H groups in total. The molecule has 0 aliphatic carbocycles. The fourth-order valence-corrected chi connectivity index (χ4v) is 5.21. The average Bonchev–Trinajstić information content (AvgIpc) is 3.30. The maximum atomic E-state index is 13.3. The Kier molecular flexibility index (Phi) is 9.80. The zero-order chi connectivity index (χ0) is 27.9. The second-order valence-corrected chi connectivity index (χ2v) is 10.9. The van der Waals surface area contributed by atoms with Crippen molar-refractivity contribution < 1.29 is 19.0 Å². The molecular formula is C29H35ClN4O4S. The van der Waals surface area contributed by atoms with E-state index in [9.17, 15) is 4.79 Å². The van der Waals surface area contributed by atoms with Crippen LogP contribution in [0, 0.1) is 0 Å². The highest BCUT2D eigenvalue weighted by atomic mass is 35.5. The van der Waals surface area contributed by atoms with E-state index in [2.05, 4.69) is 12.2 Å². The number of carbonyl (C=O) groups excluding carboxylic acids is 1. The number of ether oxygens (including phenoxy) is 3. The number of halogens is 1. The Labute approximate surface area is 239 Å². The summed E-state index contributed by atoms with van der Waals surface area (Å²) in [6.07, 6.45) is 1.91. The predicted molar refractivity (Wildman–Crippen MR) is 155 cm³/mol. The van der Waals surface area contributed by atoms with Crippen LogP contribution in [-0.2, 0) is 16.1 Å². The van der Waals surface area contributed by atoms with E-state index in [1.165, 1.54) is 0 Å². The van der Waals surface area contributed by atoms with Crippen LogP contribution >= 0.6 is 23.4 Å². The lowest BCUT2D eigenvalue weighted by atomic mass is 9.95. The average molecular weight is 571 g/mol. The number of rotatable bonds is 12. The molecule has 208 valence electrons. The van der Waals surface area contributed by atoms with Gasteiger partial charge >= 0.3 is 5.97 Å². The predicted octanol–water partition coefficient (Wildman–Crippen LogP) is 7.04. The number of thioether (sulfide) groups is 1. The van der Waals surface area contributed by atoms with E-state index in [1.807, 2.05) is 70.2 Å². The summed E-state index contributed by atoms with van der Waals surface area (Å²) in [5.74, 6) is 2.29. The summed E-state index contributed by atoms with van der Waals surface area (Å²) in [6, 6.07) is 12.7. The van der Waals surface area contributed by atoms with Gasteiger partial charge in [0.05, 0.1) is 18.3 Å². The van der Waals surface area contributed by atoms with Gasteiger partial charge in [-0.3, -0.25) is 0 Å². The van der Waals surface area contributed by atoms with E-state index >= 15 is 0 Å². The van der Waals surface area contributed by atoms with Crippen LogP contribution in [0.15, 0.2) is 58.9 Å². The molecule has 3 aromatic rings. The standard InChI is InChI=1S/C29H35ClN4O4S/c1-6-8-15-39-29-32-28-31-19(5)25(27(35)38-18(3)4)26(34(28)33-29)21-11-14-23(24(16-21)36-7-2)37-17-20-9-12-22(30)13-10-20/h9-14,16,18,26H,6-8,15,17H2,1-5H3,(H,31,32,33). The largest absolute Gasteiger partial charge is 0.490 e. The molecule has 2 heterocycles. The third-order valence-electron chi connectivity index (χ3n) is 6.02. The van der Waals surface area contributed by atoms with E-state index in [4.69, 9.17) is 35.9 Å². The van der Waals surface area contributed by atoms with Crippen LogP contribution in [0.1, 0.15) is 64.6 Å². The summed E-state index contributed by atoms with van der Waals surface area (Å²) in [7, 11) is 0. The minimum Gasteiger partial charge on any atom is -0.490 e. The Morgan fingerprint density at radius 1 is 1.13 bits per heavy atom. The van der Waals surface area contributed by atoms with Crippen LogP contribution in [0.4, 0.5) is 5.95 Å². The Bertz CT molecular complexity index is 1320. The quantitative estimate of drug-likeness (QED) is 0.141. The molecule has 0 bridgehead atoms. The Balaban J connectivity index is 1.71. The molecule has 10 heteroatoms. The first kappa shape index (κ1) is 28.8.